The molecular weight excluding hydrogens is 249 g/mol. The van der Waals surface area contributed by atoms with Crippen LogP contribution in [0.5, 0.6) is 0 Å². The Bertz CT molecular complexity index is 334. The molecule has 0 radical (unpaired) electrons. The van der Waals surface area contributed by atoms with Crippen LogP contribution < -0.4 is 5.73 Å². The molecule has 4 heterocycles. The molecule has 1 aromatic rings. The maximum absolute atomic E-state index is 5.77. The van der Waals surface area contributed by atoms with E-state index in [1.807, 2.05) is 4.68 Å². The van der Waals surface area contributed by atoms with Gasteiger partial charge in [0.05, 0.1) is 6.04 Å². The first-order valence-electron chi connectivity index (χ1n) is 5.22. The third-order valence-electron chi connectivity index (χ3n) is 3.54. The molecule has 4 rings (SSSR count). The minimum Gasteiger partial charge on any atom is -0.368 e. The molecule has 0 spiro atoms. The Morgan fingerprint density at radius 1 is 1.25 bits per heavy atom. The van der Waals surface area contributed by atoms with Crippen molar-refractivity contribution in [1.29, 1.82) is 0 Å². The van der Waals surface area contributed by atoms with Crippen molar-refractivity contribution in [3.05, 3.63) is 6.33 Å². The molecular formula is C9H17Cl2N5. The van der Waals surface area contributed by atoms with E-state index in [2.05, 4.69) is 15.0 Å². The van der Waals surface area contributed by atoms with Gasteiger partial charge in [-0.15, -0.1) is 24.8 Å². The zero-order valence-electron chi connectivity index (χ0n) is 8.95. The maximum Gasteiger partial charge on any atom is 0.218 e. The van der Waals surface area contributed by atoms with Crippen molar-refractivity contribution in [2.24, 2.45) is 5.92 Å². The Kier molecular flexibility index (Phi) is 4.41. The second kappa shape index (κ2) is 5.21. The largest absolute Gasteiger partial charge is 0.368 e. The average molecular weight is 266 g/mol. The van der Waals surface area contributed by atoms with Gasteiger partial charge >= 0.3 is 0 Å². The summed E-state index contributed by atoms with van der Waals surface area (Å²) in [6.07, 6.45) is 4.11. The predicted molar refractivity (Wildman–Crippen MR) is 67.1 cm³/mol. The Hall–Kier alpha value is -0.520. The number of nitrogens with zero attached hydrogens (tertiary/aromatic N) is 4. The third-order valence-corrected chi connectivity index (χ3v) is 3.54. The van der Waals surface area contributed by atoms with Crippen molar-refractivity contribution in [2.75, 3.05) is 25.4 Å². The average Bonchev–Trinajstić information content (AvgIpc) is 2.66. The molecule has 3 fully saturated rings. The molecule has 0 saturated carbocycles. The van der Waals surface area contributed by atoms with Gasteiger partial charge in [-0.2, -0.15) is 5.10 Å². The number of halogens is 2. The Labute approximate surface area is 107 Å². The third kappa shape index (κ3) is 2.12. The minimum absolute atomic E-state index is 0. The number of rotatable bonds is 1. The van der Waals surface area contributed by atoms with Gasteiger partial charge in [-0.05, 0) is 31.8 Å². The van der Waals surface area contributed by atoms with Gasteiger partial charge in [0.2, 0.25) is 5.95 Å². The summed E-state index contributed by atoms with van der Waals surface area (Å²) in [4.78, 5) is 6.48. The van der Waals surface area contributed by atoms with Crippen LogP contribution in [0.15, 0.2) is 6.33 Å². The van der Waals surface area contributed by atoms with Crippen LogP contribution in [0, 0.1) is 5.92 Å². The summed E-state index contributed by atoms with van der Waals surface area (Å²) in [5, 5.41) is 4.21. The van der Waals surface area contributed by atoms with Gasteiger partial charge < -0.3 is 10.6 Å². The van der Waals surface area contributed by atoms with Gasteiger partial charge in [0.1, 0.15) is 6.33 Å². The topological polar surface area (TPSA) is 60.0 Å². The SMILES string of the molecule is Cl.Cl.Nc1ncnn1C1CN2CCC1CC2. The molecule has 3 aliphatic rings. The minimum atomic E-state index is 0. The smallest absolute Gasteiger partial charge is 0.218 e. The number of piperidine rings is 3. The van der Waals surface area contributed by atoms with E-state index >= 15 is 0 Å². The summed E-state index contributed by atoms with van der Waals surface area (Å²) >= 11 is 0. The van der Waals surface area contributed by atoms with Gasteiger partial charge in [-0.25, -0.2) is 9.67 Å². The van der Waals surface area contributed by atoms with Crippen LogP contribution >= 0.6 is 24.8 Å². The predicted octanol–water partition coefficient (Wildman–Crippen LogP) is 0.971. The highest BCUT2D eigenvalue weighted by atomic mass is 35.5. The highest BCUT2D eigenvalue weighted by Crippen LogP contribution is 2.35. The Morgan fingerprint density at radius 2 is 1.94 bits per heavy atom. The fourth-order valence-electron chi connectivity index (χ4n) is 2.73. The van der Waals surface area contributed by atoms with Crippen molar-refractivity contribution in [1.82, 2.24) is 19.7 Å². The molecule has 3 aliphatic heterocycles. The van der Waals surface area contributed by atoms with E-state index in [0.29, 0.717) is 12.0 Å². The summed E-state index contributed by atoms with van der Waals surface area (Å²) in [7, 11) is 0. The summed E-state index contributed by atoms with van der Waals surface area (Å²) in [5.41, 5.74) is 5.77. The number of nitrogen functional groups attached to an aromatic ring is 1. The zero-order valence-corrected chi connectivity index (χ0v) is 10.6. The summed E-state index contributed by atoms with van der Waals surface area (Å²) in [6.45, 7) is 3.59. The molecule has 2 bridgehead atoms. The molecule has 2 N–H and O–H groups in total. The molecule has 7 heteroatoms. The van der Waals surface area contributed by atoms with Crippen LogP contribution in [-0.4, -0.2) is 39.3 Å². The van der Waals surface area contributed by atoms with Crippen LogP contribution in [0.25, 0.3) is 0 Å². The van der Waals surface area contributed by atoms with Crippen molar-refractivity contribution in [3.63, 3.8) is 0 Å². The lowest BCUT2D eigenvalue weighted by Gasteiger charge is -2.44. The van der Waals surface area contributed by atoms with Crippen LogP contribution in [0.2, 0.25) is 0 Å². The van der Waals surface area contributed by atoms with Crippen LogP contribution in [0.3, 0.4) is 0 Å². The lowest BCUT2D eigenvalue weighted by atomic mass is 9.84. The van der Waals surface area contributed by atoms with Crippen molar-refractivity contribution < 1.29 is 0 Å². The number of anilines is 1. The number of hydrogen-bond acceptors (Lipinski definition) is 4. The zero-order chi connectivity index (χ0) is 9.54. The molecule has 1 aromatic heterocycles. The van der Waals surface area contributed by atoms with E-state index in [-0.39, 0.29) is 24.8 Å². The highest BCUT2D eigenvalue weighted by Gasteiger charge is 2.36. The fraction of sp³-hybridized carbons (Fsp3) is 0.778. The van der Waals surface area contributed by atoms with E-state index in [0.717, 1.165) is 12.5 Å². The lowest BCUT2D eigenvalue weighted by Crippen LogP contribution is -2.48. The van der Waals surface area contributed by atoms with Gasteiger partial charge in [0.25, 0.3) is 0 Å². The number of aromatic nitrogens is 3. The molecule has 16 heavy (non-hydrogen) atoms. The van der Waals surface area contributed by atoms with Gasteiger partial charge in [-0.3, -0.25) is 0 Å². The van der Waals surface area contributed by atoms with Crippen LogP contribution in [0.1, 0.15) is 18.9 Å². The van der Waals surface area contributed by atoms with Crippen LogP contribution in [-0.2, 0) is 0 Å². The highest BCUT2D eigenvalue weighted by molar-refractivity contribution is 5.85. The van der Waals surface area contributed by atoms with Crippen molar-refractivity contribution in [3.8, 4) is 0 Å². The molecule has 0 aliphatic carbocycles. The van der Waals surface area contributed by atoms with Gasteiger partial charge in [-0.1, -0.05) is 0 Å². The van der Waals surface area contributed by atoms with Crippen molar-refractivity contribution >= 4 is 30.8 Å². The number of nitrogens with two attached hydrogens (primary N) is 1. The Balaban J connectivity index is 0.000000640. The maximum atomic E-state index is 5.77. The van der Waals surface area contributed by atoms with E-state index in [1.165, 1.54) is 25.9 Å². The molecule has 0 aromatic carbocycles. The summed E-state index contributed by atoms with van der Waals surface area (Å²) in [6, 6.07) is 0.458. The molecule has 5 nitrogen and oxygen atoms in total. The molecule has 3 saturated heterocycles. The first-order chi connectivity index (χ1) is 6.84. The second-order valence-corrected chi connectivity index (χ2v) is 4.27. The molecule has 92 valence electrons. The molecule has 1 atom stereocenters. The number of hydrogen-bond donors (Lipinski definition) is 1. The standard InChI is InChI=1S/C9H15N5.2ClH/c10-9-11-6-12-14(9)8-5-13-3-1-7(8)2-4-13;;/h6-8H,1-5H2,(H2,10,11,12);2*1H. The molecule has 1 unspecified atom stereocenters. The van der Waals surface area contributed by atoms with Crippen LogP contribution in [0.4, 0.5) is 5.95 Å². The van der Waals surface area contributed by atoms with E-state index in [4.69, 9.17) is 5.73 Å². The fourth-order valence-corrected chi connectivity index (χ4v) is 2.73. The Morgan fingerprint density at radius 3 is 2.38 bits per heavy atom. The number of fused-ring (bicyclic) bond motifs is 3. The lowest BCUT2D eigenvalue weighted by molar-refractivity contribution is 0.0522. The monoisotopic (exact) mass is 265 g/mol. The van der Waals surface area contributed by atoms with Crippen molar-refractivity contribution in [2.45, 2.75) is 18.9 Å². The van der Waals surface area contributed by atoms with E-state index in [1.54, 1.807) is 6.33 Å². The normalized spacial score (nSPS) is 31.6. The van der Waals surface area contributed by atoms with E-state index < -0.39 is 0 Å². The summed E-state index contributed by atoms with van der Waals surface area (Å²) in [5.74, 6) is 1.31. The van der Waals surface area contributed by atoms with Gasteiger partial charge in [0.15, 0.2) is 0 Å². The van der Waals surface area contributed by atoms with Gasteiger partial charge in [0, 0.05) is 6.54 Å². The first-order valence-corrected chi connectivity index (χ1v) is 5.22. The second-order valence-electron chi connectivity index (χ2n) is 4.27. The first kappa shape index (κ1) is 13.5. The molecule has 0 amide bonds. The van der Waals surface area contributed by atoms with E-state index in [9.17, 15) is 0 Å². The summed E-state index contributed by atoms with van der Waals surface area (Å²) < 4.78 is 1.90. The quantitative estimate of drug-likeness (QED) is 0.822.